The number of ether oxygens (including phenoxy) is 1. The summed E-state index contributed by atoms with van der Waals surface area (Å²) in [5.74, 6) is -0.830. The average Bonchev–Trinajstić information content (AvgIpc) is 2.80. The molecule has 0 bridgehead atoms. The average molecular weight is 470 g/mol. The number of hydrogen-bond donors (Lipinski definition) is 2. The lowest BCUT2D eigenvalue weighted by Gasteiger charge is -2.25. The van der Waals surface area contributed by atoms with E-state index in [0.29, 0.717) is 12.1 Å². The normalized spacial score (nSPS) is 11.0. The molecule has 9 nitrogen and oxygen atoms in total. The second-order valence-corrected chi connectivity index (χ2v) is 7.84. The van der Waals surface area contributed by atoms with E-state index in [4.69, 9.17) is 10.5 Å². The maximum atomic E-state index is 14.0. The van der Waals surface area contributed by atoms with Gasteiger partial charge in [-0.05, 0) is 37.2 Å². The SMILES string of the molecule is CCN(C(=O)CN(C)Cc1ccc(OC)c(F)c1)c1c(N)n(Cc2ccccc2)c(=O)[nH]c1=O. The Morgan fingerprint density at radius 3 is 2.47 bits per heavy atom. The van der Waals surface area contributed by atoms with Crippen LogP contribution >= 0.6 is 0 Å². The van der Waals surface area contributed by atoms with E-state index in [0.717, 1.165) is 5.56 Å². The molecule has 0 saturated heterocycles. The number of aromatic nitrogens is 2. The van der Waals surface area contributed by atoms with Crippen LogP contribution in [0.2, 0.25) is 0 Å². The van der Waals surface area contributed by atoms with Crippen molar-refractivity contribution in [2.45, 2.75) is 20.0 Å². The number of nitrogens with one attached hydrogen (secondary N) is 1. The van der Waals surface area contributed by atoms with Crippen LogP contribution in [0.3, 0.4) is 0 Å². The predicted molar refractivity (Wildman–Crippen MR) is 129 cm³/mol. The number of H-pyrrole nitrogens is 1. The lowest BCUT2D eigenvalue weighted by atomic mass is 10.2. The molecule has 0 saturated carbocycles. The molecule has 0 aliphatic carbocycles. The van der Waals surface area contributed by atoms with Gasteiger partial charge in [0.15, 0.2) is 17.3 Å². The third kappa shape index (κ3) is 5.52. The number of rotatable bonds is 9. The van der Waals surface area contributed by atoms with Crippen LogP contribution in [0, 0.1) is 5.82 Å². The summed E-state index contributed by atoms with van der Waals surface area (Å²) in [6, 6.07) is 13.7. The molecule has 0 atom stereocenters. The van der Waals surface area contributed by atoms with Gasteiger partial charge in [0.25, 0.3) is 5.56 Å². The van der Waals surface area contributed by atoms with E-state index in [-0.39, 0.29) is 42.8 Å². The topological polar surface area (TPSA) is 114 Å². The molecule has 0 radical (unpaired) electrons. The number of hydrogen-bond acceptors (Lipinski definition) is 6. The van der Waals surface area contributed by atoms with Crippen molar-refractivity contribution in [1.82, 2.24) is 14.5 Å². The first kappa shape index (κ1) is 24.7. The van der Waals surface area contributed by atoms with Crippen LogP contribution in [0.1, 0.15) is 18.1 Å². The highest BCUT2D eigenvalue weighted by Crippen LogP contribution is 2.20. The molecule has 0 aliphatic heterocycles. The van der Waals surface area contributed by atoms with E-state index >= 15 is 0 Å². The number of nitrogens with zero attached hydrogens (tertiary/aromatic N) is 3. The highest BCUT2D eigenvalue weighted by molar-refractivity contribution is 5.96. The standard InChI is InChI=1S/C24H28FN5O4/c1-4-29(20(31)15-28(2)13-17-10-11-19(34-3)18(25)12-17)21-22(26)30(24(33)27-23(21)32)14-16-8-6-5-7-9-16/h5-12H,4,13-15,26H2,1-3H3,(H,27,32,33). The van der Waals surface area contributed by atoms with Gasteiger partial charge in [-0.2, -0.15) is 0 Å². The summed E-state index contributed by atoms with van der Waals surface area (Å²) in [5, 5.41) is 0. The number of carbonyl (C=O) groups is 1. The molecular formula is C24H28FN5O4. The molecule has 0 fully saturated rings. The van der Waals surface area contributed by atoms with Crippen LogP contribution in [0.15, 0.2) is 58.1 Å². The fraction of sp³-hybridized carbons (Fsp3) is 0.292. The molecule has 1 heterocycles. The van der Waals surface area contributed by atoms with E-state index in [1.807, 2.05) is 30.3 Å². The zero-order valence-electron chi connectivity index (χ0n) is 19.4. The Kier molecular flexibility index (Phi) is 7.85. The van der Waals surface area contributed by atoms with Crippen LogP contribution in [0.5, 0.6) is 5.75 Å². The van der Waals surface area contributed by atoms with E-state index in [2.05, 4.69) is 4.98 Å². The van der Waals surface area contributed by atoms with Crippen molar-refractivity contribution in [3.8, 4) is 5.75 Å². The Balaban J connectivity index is 1.82. The van der Waals surface area contributed by atoms with Crippen LogP contribution in [0.4, 0.5) is 15.9 Å². The van der Waals surface area contributed by atoms with Gasteiger partial charge in [-0.3, -0.25) is 24.0 Å². The molecule has 3 aromatic rings. The van der Waals surface area contributed by atoms with Crippen LogP contribution in [-0.4, -0.2) is 47.6 Å². The third-order valence-corrected chi connectivity index (χ3v) is 5.36. The molecule has 2 aromatic carbocycles. The van der Waals surface area contributed by atoms with Gasteiger partial charge in [0.05, 0.1) is 20.2 Å². The molecule has 3 N–H and O–H groups in total. The maximum absolute atomic E-state index is 14.0. The summed E-state index contributed by atoms with van der Waals surface area (Å²) >= 11 is 0. The number of nitrogens with two attached hydrogens (primary N) is 1. The lowest BCUT2D eigenvalue weighted by Crippen LogP contribution is -2.44. The first-order chi connectivity index (χ1) is 16.2. The largest absolute Gasteiger partial charge is 0.494 e. The van der Waals surface area contributed by atoms with Crippen LogP contribution in [-0.2, 0) is 17.9 Å². The van der Waals surface area contributed by atoms with Gasteiger partial charge >= 0.3 is 5.69 Å². The molecule has 1 aromatic heterocycles. The third-order valence-electron chi connectivity index (χ3n) is 5.36. The van der Waals surface area contributed by atoms with Gasteiger partial charge in [0.1, 0.15) is 5.82 Å². The highest BCUT2D eigenvalue weighted by Gasteiger charge is 2.24. The van der Waals surface area contributed by atoms with Crippen molar-refractivity contribution in [2.24, 2.45) is 0 Å². The smallest absolute Gasteiger partial charge is 0.330 e. The summed E-state index contributed by atoms with van der Waals surface area (Å²) in [7, 11) is 3.09. The molecule has 0 unspecified atom stereocenters. The maximum Gasteiger partial charge on any atom is 0.330 e. The number of anilines is 2. The molecule has 180 valence electrons. The van der Waals surface area contributed by atoms with Crippen molar-refractivity contribution in [3.05, 3.63) is 86.3 Å². The Bertz CT molecular complexity index is 1270. The molecule has 1 amide bonds. The predicted octanol–water partition coefficient (Wildman–Crippen LogP) is 1.80. The van der Waals surface area contributed by atoms with Gasteiger partial charge in [-0.15, -0.1) is 0 Å². The number of methoxy groups -OCH3 is 1. The molecule has 34 heavy (non-hydrogen) atoms. The van der Waals surface area contributed by atoms with Crippen molar-refractivity contribution in [2.75, 3.05) is 37.9 Å². The van der Waals surface area contributed by atoms with Crippen LogP contribution in [0.25, 0.3) is 0 Å². The van der Waals surface area contributed by atoms with Crippen molar-refractivity contribution in [1.29, 1.82) is 0 Å². The second-order valence-electron chi connectivity index (χ2n) is 7.84. The van der Waals surface area contributed by atoms with Crippen molar-refractivity contribution in [3.63, 3.8) is 0 Å². The zero-order chi connectivity index (χ0) is 24.8. The Labute approximate surface area is 196 Å². The van der Waals surface area contributed by atoms with Crippen LogP contribution < -0.4 is 26.6 Å². The number of benzene rings is 2. The number of amides is 1. The summed E-state index contributed by atoms with van der Waals surface area (Å²) in [4.78, 5) is 43.4. The Hall–Kier alpha value is -3.92. The first-order valence-corrected chi connectivity index (χ1v) is 10.7. The molecule has 0 aliphatic rings. The fourth-order valence-electron chi connectivity index (χ4n) is 3.71. The molecular weight excluding hydrogens is 441 g/mol. The van der Waals surface area contributed by atoms with E-state index in [1.165, 1.54) is 28.7 Å². The highest BCUT2D eigenvalue weighted by atomic mass is 19.1. The van der Waals surface area contributed by atoms with E-state index in [1.54, 1.807) is 24.9 Å². The number of likely N-dealkylation sites (N-methyl/N-ethyl adjacent to an activating group) is 2. The number of carbonyl (C=O) groups excluding carboxylic acids is 1. The number of halogens is 1. The summed E-state index contributed by atoms with van der Waals surface area (Å²) < 4.78 is 20.1. The quantitative estimate of drug-likeness (QED) is 0.494. The van der Waals surface area contributed by atoms with Crippen molar-refractivity contribution < 1.29 is 13.9 Å². The minimum Gasteiger partial charge on any atom is -0.494 e. The minimum absolute atomic E-state index is 0.0574. The summed E-state index contributed by atoms with van der Waals surface area (Å²) in [6.07, 6.45) is 0. The van der Waals surface area contributed by atoms with E-state index < -0.39 is 17.1 Å². The second kappa shape index (κ2) is 10.8. The Morgan fingerprint density at radius 1 is 1.15 bits per heavy atom. The van der Waals surface area contributed by atoms with Gasteiger partial charge in [0, 0.05) is 13.1 Å². The van der Waals surface area contributed by atoms with Gasteiger partial charge < -0.3 is 15.4 Å². The fourth-order valence-corrected chi connectivity index (χ4v) is 3.71. The number of aromatic amines is 1. The number of nitrogen functional groups attached to an aromatic ring is 1. The zero-order valence-corrected chi connectivity index (χ0v) is 19.4. The van der Waals surface area contributed by atoms with Gasteiger partial charge in [-0.25, -0.2) is 9.18 Å². The summed E-state index contributed by atoms with van der Waals surface area (Å²) in [6.45, 7) is 2.26. The minimum atomic E-state index is -0.734. The van der Waals surface area contributed by atoms with Crippen molar-refractivity contribution >= 4 is 17.4 Å². The molecule has 0 spiro atoms. The first-order valence-electron chi connectivity index (χ1n) is 10.7. The van der Waals surface area contributed by atoms with Gasteiger partial charge in [0.2, 0.25) is 5.91 Å². The summed E-state index contributed by atoms with van der Waals surface area (Å²) in [5.41, 5.74) is 6.23. The lowest BCUT2D eigenvalue weighted by molar-refractivity contribution is -0.119. The van der Waals surface area contributed by atoms with E-state index in [9.17, 15) is 18.8 Å². The molecule has 3 rings (SSSR count). The van der Waals surface area contributed by atoms with Gasteiger partial charge in [-0.1, -0.05) is 36.4 Å². The monoisotopic (exact) mass is 469 g/mol. The molecule has 10 heteroatoms. The Morgan fingerprint density at radius 2 is 1.85 bits per heavy atom.